The molecule has 5 heteroatoms. The van der Waals surface area contributed by atoms with Crippen LogP contribution in [0.4, 0.5) is 0 Å². The van der Waals surface area contributed by atoms with Crippen LogP contribution in [0.15, 0.2) is 22.7 Å². The van der Waals surface area contributed by atoms with E-state index in [1.54, 1.807) is 6.92 Å². The molecule has 2 rings (SSSR count). The maximum Gasteiger partial charge on any atom is 0.379 e. The lowest BCUT2D eigenvalue weighted by Crippen LogP contribution is -2.06. The van der Waals surface area contributed by atoms with Crippen LogP contribution in [0.5, 0.6) is 0 Å². The maximum atomic E-state index is 11.4. The number of rotatable bonds is 3. The van der Waals surface area contributed by atoms with Gasteiger partial charge in [0.25, 0.3) is 11.7 Å². The number of benzene rings is 1. The number of hydrogen-bond donors (Lipinski definition) is 0. The van der Waals surface area contributed by atoms with E-state index in [-0.39, 0.29) is 12.4 Å². The van der Waals surface area contributed by atoms with Crippen molar-refractivity contribution < 1.29 is 14.1 Å². The average Bonchev–Trinajstić information content (AvgIpc) is 2.82. The summed E-state index contributed by atoms with van der Waals surface area (Å²) in [6.45, 7) is 5.98. The normalized spacial score (nSPS) is 10.4. The molecule has 1 heterocycles. The van der Waals surface area contributed by atoms with Crippen LogP contribution in [0.2, 0.25) is 0 Å². The molecule has 2 aromatic rings. The van der Waals surface area contributed by atoms with Crippen molar-refractivity contribution in [2.24, 2.45) is 0 Å². The average molecular weight is 246 g/mol. The Morgan fingerprint density at radius 1 is 1.39 bits per heavy atom. The van der Waals surface area contributed by atoms with E-state index in [0.29, 0.717) is 5.89 Å². The molecule has 0 saturated heterocycles. The number of nitrogens with zero attached hydrogens (tertiary/aromatic N) is 2. The Morgan fingerprint density at radius 3 is 2.89 bits per heavy atom. The van der Waals surface area contributed by atoms with Crippen LogP contribution < -0.4 is 0 Å². The van der Waals surface area contributed by atoms with Crippen molar-refractivity contribution in [3.05, 3.63) is 35.2 Å². The van der Waals surface area contributed by atoms with Gasteiger partial charge in [0.1, 0.15) is 0 Å². The molecule has 1 aromatic carbocycles. The Kier molecular flexibility index (Phi) is 3.41. The third kappa shape index (κ3) is 2.25. The van der Waals surface area contributed by atoms with Crippen molar-refractivity contribution in [2.45, 2.75) is 20.8 Å². The number of ether oxygens (including phenoxy) is 1. The molecule has 0 aliphatic carbocycles. The highest BCUT2D eigenvalue weighted by Crippen LogP contribution is 2.23. The summed E-state index contributed by atoms with van der Waals surface area (Å²) in [5, 5.41) is 3.62. The zero-order chi connectivity index (χ0) is 13.1. The molecular formula is C13H14N2O3. The summed E-state index contributed by atoms with van der Waals surface area (Å²) in [6.07, 6.45) is 0. The van der Waals surface area contributed by atoms with Gasteiger partial charge in [0.05, 0.1) is 6.61 Å². The Morgan fingerprint density at radius 2 is 2.17 bits per heavy atom. The predicted molar refractivity (Wildman–Crippen MR) is 65.2 cm³/mol. The molecule has 0 fully saturated rings. The monoisotopic (exact) mass is 246 g/mol. The van der Waals surface area contributed by atoms with Gasteiger partial charge in [-0.25, -0.2) is 4.79 Å². The van der Waals surface area contributed by atoms with Gasteiger partial charge in [-0.3, -0.25) is 0 Å². The van der Waals surface area contributed by atoms with E-state index in [9.17, 15) is 4.79 Å². The van der Waals surface area contributed by atoms with E-state index in [1.807, 2.05) is 32.0 Å². The molecule has 0 N–H and O–H groups in total. The molecule has 0 unspecified atom stereocenters. The summed E-state index contributed by atoms with van der Waals surface area (Å²) in [7, 11) is 0. The maximum absolute atomic E-state index is 11.4. The number of aromatic nitrogens is 2. The lowest BCUT2D eigenvalue weighted by atomic mass is 10.0. The SMILES string of the molecule is CCOC(=O)c1noc(-c2cccc(C)c2C)n1. The summed E-state index contributed by atoms with van der Waals surface area (Å²) in [5.74, 6) is -0.287. The lowest BCUT2D eigenvalue weighted by molar-refractivity contribution is 0.0508. The van der Waals surface area contributed by atoms with Gasteiger partial charge in [-0.1, -0.05) is 12.1 Å². The molecule has 0 spiro atoms. The van der Waals surface area contributed by atoms with E-state index in [1.165, 1.54) is 0 Å². The molecule has 18 heavy (non-hydrogen) atoms. The number of esters is 1. The molecule has 0 aliphatic rings. The van der Waals surface area contributed by atoms with Gasteiger partial charge in [-0.05, 0) is 43.1 Å². The third-order valence-corrected chi connectivity index (χ3v) is 2.72. The third-order valence-electron chi connectivity index (χ3n) is 2.72. The van der Waals surface area contributed by atoms with Crippen LogP contribution in [0.3, 0.4) is 0 Å². The fourth-order valence-corrected chi connectivity index (χ4v) is 1.59. The first-order valence-electron chi connectivity index (χ1n) is 5.71. The smallest absolute Gasteiger partial charge is 0.379 e. The van der Waals surface area contributed by atoms with Crippen LogP contribution in [0.25, 0.3) is 11.5 Å². The number of aryl methyl sites for hydroxylation is 1. The predicted octanol–water partition coefficient (Wildman–Crippen LogP) is 2.53. The first-order valence-corrected chi connectivity index (χ1v) is 5.71. The van der Waals surface area contributed by atoms with E-state index in [2.05, 4.69) is 10.1 Å². The quantitative estimate of drug-likeness (QED) is 0.778. The molecule has 5 nitrogen and oxygen atoms in total. The molecular weight excluding hydrogens is 232 g/mol. The van der Waals surface area contributed by atoms with Gasteiger partial charge >= 0.3 is 5.97 Å². The Labute approximate surface area is 105 Å². The molecule has 0 bridgehead atoms. The molecule has 0 saturated carbocycles. The van der Waals surface area contributed by atoms with Crippen molar-refractivity contribution in [3.8, 4) is 11.5 Å². The van der Waals surface area contributed by atoms with E-state index in [0.717, 1.165) is 16.7 Å². The van der Waals surface area contributed by atoms with Gasteiger partial charge in [0.2, 0.25) is 0 Å². The second kappa shape index (κ2) is 5.00. The number of carbonyl (C=O) groups excluding carboxylic acids is 1. The van der Waals surface area contributed by atoms with Gasteiger partial charge in [0.15, 0.2) is 0 Å². The topological polar surface area (TPSA) is 65.2 Å². The zero-order valence-electron chi connectivity index (χ0n) is 10.6. The van der Waals surface area contributed by atoms with Crippen LogP contribution in [0, 0.1) is 13.8 Å². The lowest BCUT2D eigenvalue weighted by Gasteiger charge is -2.03. The largest absolute Gasteiger partial charge is 0.460 e. The van der Waals surface area contributed by atoms with Gasteiger partial charge in [-0.2, -0.15) is 4.98 Å². The summed E-state index contributed by atoms with van der Waals surface area (Å²) < 4.78 is 9.90. The molecule has 0 atom stereocenters. The van der Waals surface area contributed by atoms with Crippen LogP contribution in [-0.4, -0.2) is 22.7 Å². The number of carbonyl (C=O) groups is 1. The molecule has 1 aromatic heterocycles. The van der Waals surface area contributed by atoms with E-state index in [4.69, 9.17) is 9.26 Å². The van der Waals surface area contributed by atoms with Gasteiger partial charge in [0, 0.05) is 5.56 Å². The second-order valence-electron chi connectivity index (χ2n) is 3.89. The minimum atomic E-state index is -0.571. The molecule has 0 radical (unpaired) electrons. The summed E-state index contributed by atoms with van der Waals surface area (Å²) in [6, 6.07) is 5.79. The van der Waals surface area contributed by atoms with Crippen LogP contribution in [-0.2, 0) is 4.74 Å². The Bertz CT molecular complexity index is 575. The van der Waals surface area contributed by atoms with Crippen LogP contribution >= 0.6 is 0 Å². The second-order valence-corrected chi connectivity index (χ2v) is 3.89. The van der Waals surface area contributed by atoms with Crippen molar-refractivity contribution in [1.29, 1.82) is 0 Å². The fraction of sp³-hybridized carbons (Fsp3) is 0.308. The molecule has 94 valence electrons. The van der Waals surface area contributed by atoms with Gasteiger partial charge in [-0.15, -0.1) is 0 Å². The van der Waals surface area contributed by atoms with Crippen molar-refractivity contribution in [1.82, 2.24) is 10.1 Å². The van der Waals surface area contributed by atoms with Crippen molar-refractivity contribution >= 4 is 5.97 Å². The van der Waals surface area contributed by atoms with Gasteiger partial charge < -0.3 is 9.26 Å². The fourth-order valence-electron chi connectivity index (χ4n) is 1.59. The van der Waals surface area contributed by atoms with Crippen molar-refractivity contribution in [3.63, 3.8) is 0 Å². The Balaban J connectivity index is 2.35. The molecule has 0 aliphatic heterocycles. The summed E-state index contributed by atoms with van der Waals surface area (Å²) in [5.41, 5.74) is 3.01. The first kappa shape index (κ1) is 12.3. The van der Waals surface area contributed by atoms with Crippen molar-refractivity contribution in [2.75, 3.05) is 6.61 Å². The van der Waals surface area contributed by atoms with E-state index < -0.39 is 5.97 Å². The number of hydrogen-bond acceptors (Lipinski definition) is 5. The minimum Gasteiger partial charge on any atom is -0.460 e. The zero-order valence-corrected chi connectivity index (χ0v) is 10.6. The highest BCUT2D eigenvalue weighted by molar-refractivity contribution is 5.85. The highest BCUT2D eigenvalue weighted by Gasteiger charge is 2.17. The minimum absolute atomic E-state index is 0.0484. The van der Waals surface area contributed by atoms with E-state index >= 15 is 0 Å². The summed E-state index contributed by atoms with van der Waals surface area (Å²) in [4.78, 5) is 15.5. The Hall–Kier alpha value is -2.17. The summed E-state index contributed by atoms with van der Waals surface area (Å²) >= 11 is 0. The van der Waals surface area contributed by atoms with Crippen LogP contribution in [0.1, 0.15) is 28.7 Å². The molecule has 0 amide bonds. The first-order chi connectivity index (χ1) is 8.63. The standard InChI is InChI=1S/C13H14N2O3/c1-4-17-13(16)11-14-12(18-15-11)10-7-5-6-8(2)9(10)3/h5-7H,4H2,1-3H3. The highest BCUT2D eigenvalue weighted by atomic mass is 16.5.